The lowest BCUT2D eigenvalue weighted by Gasteiger charge is -2.05. The standard InChI is InChI=1S/C13H21N5OS/c1-9-10(8-18(4)16-9)6-14-7-11-12(19-5)15-13(20-11)17(2)3/h8,14H,6-7H2,1-5H3. The lowest BCUT2D eigenvalue weighted by Crippen LogP contribution is -2.12. The number of aryl methyl sites for hydroxylation is 2. The summed E-state index contributed by atoms with van der Waals surface area (Å²) in [5.41, 5.74) is 2.27. The van der Waals surface area contributed by atoms with E-state index in [2.05, 4.69) is 15.4 Å². The lowest BCUT2D eigenvalue weighted by atomic mass is 10.2. The van der Waals surface area contributed by atoms with Gasteiger partial charge >= 0.3 is 0 Å². The summed E-state index contributed by atoms with van der Waals surface area (Å²) in [4.78, 5) is 7.54. The van der Waals surface area contributed by atoms with Gasteiger partial charge in [0.1, 0.15) is 0 Å². The molecular weight excluding hydrogens is 274 g/mol. The first-order valence-electron chi connectivity index (χ1n) is 6.42. The summed E-state index contributed by atoms with van der Waals surface area (Å²) in [5.74, 6) is 0.703. The Morgan fingerprint density at radius 1 is 1.40 bits per heavy atom. The van der Waals surface area contributed by atoms with Crippen molar-refractivity contribution in [2.24, 2.45) is 7.05 Å². The minimum Gasteiger partial charge on any atom is -0.480 e. The van der Waals surface area contributed by atoms with Crippen LogP contribution in [0.1, 0.15) is 16.1 Å². The highest BCUT2D eigenvalue weighted by atomic mass is 32.1. The molecule has 1 N–H and O–H groups in total. The second-order valence-electron chi connectivity index (χ2n) is 4.84. The molecule has 0 radical (unpaired) electrons. The van der Waals surface area contributed by atoms with E-state index in [-0.39, 0.29) is 0 Å². The first-order chi connectivity index (χ1) is 9.51. The number of hydrogen-bond donors (Lipinski definition) is 1. The van der Waals surface area contributed by atoms with Crippen molar-refractivity contribution in [1.82, 2.24) is 20.1 Å². The molecule has 6 nitrogen and oxygen atoms in total. The number of methoxy groups -OCH3 is 1. The molecule has 2 aromatic rings. The van der Waals surface area contributed by atoms with Gasteiger partial charge in [-0.3, -0.25) is 4.68 Å². The van der Waals surface area contributed by atoms with Crippen LogP contribution >= 0.6 is 11.3 Å². The maximum Gasteiger partial charge on any atom is 0.230 e. The lowest BCUT2D eigenvalue weighted by molar-refractivity contribution is 0.394. The summed E-state index contributed by atoms with van der Waals surface area (Å²) in [5, 5.41) is 8.71. The molecule has 0 spiro atoms. The summed E-state index contributed by atoms with van der Waals surface area (Å²) in [7, 11) is 7.55. The third-order valence-electron chi connectivity index (χ3n) is 2.94. The molecule has 0 aliphatic heterocycles. The van der Waals surface area contributed by atoms with Gasteiger partial charge in [-0.05, 0) is 6.92 Å². The Morgan fingerprint density at radius 2 is 2.15 bits per heavy atom. The normalized spacial score (nSPS) is 10.8. The Balaban J connectivity index is 1.98. The Bertz CT molecular complexity index is 575. The quantitative estimate of drug-likeness (QED) is 0.876. The van der Waals surface area contributed by atoms with Crippen molar-refractivity contribution in [3.63, 3.8) is 0 Å². The molecule has 0 bridgehead atoms. The van der Waals surface area contributed by atoms with E-state index in [0.29, 0.717) is 5.88 Å². The van der Waals surface area contributed by atoms with E-state index < -0.39 is 0 Å². The molecule has 0 amide bonds. The molecule has 20 heavy (non-hydrogen) atoms. The van der Waals surface area contributed by atoms with E-state index in [1.165, 1.54) is 5.56 Å². The third kappa shape index (κ3) is 3.29. The van der Waals surface area contributed by atoms with Gasteiger partial charge in [-0.1, -0.05) is 11.3 Å². The minimum atomic E-state index is 0.703. The number of nitrogens with zero attached hydrogens (tertiary/aromatic N) is 4. The second-order valence-corrected chi connectivity index (χ2v) is 5.90. The average Bonchev–Trinajstić information content (AvgIpc) is 2.93. The first kappa shape index (κ1) is 14.8. The summed E-state index contributed by atoms with van der Waals surface area (Å²) >= 11 is 1.64. The van der Waals surface area contributed by atoms with Gasteiger partial charge in [0, 0.05) is 46.0 Å². The Morgan fingerprint density at radius 3 is 2.70 bits per heavy atom. The number of rotatable bonds is 6. The van der Waals surface area contributed by atoms with E-state index in [1.54, 1.807) is 18.4 Å². The molecule has 0 saturated carbocycles. The zero-order chi connectivity index (χ0) is 14.7. The van der Waals surface area contributed by atoms with Crippen LogP contribution in [0.3, 0.4) is 0 Å². The predicted octanol–water partition coefficient (Wildman–Crippen LogP) is 1.55. The van der Waals surface area contributed by atoms with Gasteiger partial charge in [-0.15, -0.1) is 0 Å². The molecule has 0 aromatic carbocycles. The molecular formula is C13H21N5OS. The van der Waals surface area contributed by atoms with Gasteiger partial charge in [0.2, 0.25) is 5.88 Å². The second kappa shape index (κ2) is 6.23. The van der Waals surface area contributed by atoms with Gasteiger partial charge in [-0.25, -0.2) is 0 Å². The molecule has 2 heterocycles. The Labute approximate surface area is 123 Å². The number of hydrogen-bond acceptors (Lipinski definition) is 6. The molecule has 2 aromatic heterocycles. The highest BCUT2D eigenvalue weighted by Gasteiger charge is 2.13. The fraction of sp³-hybridized carbons (Fsp3) is 0.538. The van der Waals surface area contributed by atoms with E-state index in [9.17, 15) is 0 Å². The number of thiazole rings is 1. The van der Waals surface area contributed by atoms with E-state index in [0.717, 1.165) is 28.8 Å². The van der Waals surface area contributed by atoms with Crippen molar-refractivity contribution in [2.75, 3.05) is 26.1 Å². The summed E-state index contributed by atoms with van der Waals surface area (Å²) < 4.78 is 7.16. The topological polar surface area (TPSA) is 55.2 Å². The molecule has 0 saturated heterocycles. The van der Waals surface area contributed by atoms with Crippen LogP contribution in [0, 0.1) is 6.92 Å². The zero-order valence-corrected chi connectivity index (χ0v) is 13.4. The van der Waals surface area contributed by atoms with Crippen molar-refractivity contribution in [3.8, 4) is 5.88 Å². The van der Waals surface area contributed by atoms with E-state index in [4.69, 9.17) is 4.74 Å². The number of aromatic nitrogens is 3. The van der Waals surface area contributed by atoms with Crippen LogP contribution in [-0.4, -0.2) is 36.0 Å². The van der Waals surface area contributed by atoms with Gasteiger partial charge in [0.15, 0.2) is 5.13 Å². The van der Waals surface area contributed by atoms with E-state index >= 15 is 0 Å². The van der Waals surface area contributed by atoms with Crippen molar-refractivity contribution < 1.29 is 4.74 Å². The number of anilines is 1. The van der Waals surface area contributed by atoms with Crippen LogP contribution < -0.4 is 15.0 Å². The van der Waals surface area contributed by atoms with Crippen LogP contribution in [0.15, 0.2) is 6.20 Å². The zero-order valence-electron chi connectivity index (χ0n) is 12.6. The summed E-state index contributed by atoms with van der Waals surface area (Å²) in [6.07, 6.45) is 2.04. The smallest absolute Gasteiger partial charge is 0.230 e. The van der Waals surface area contributed by atoms with Gasteiger partial charge < -0.3 is 15.0 Å². The van der Waals surface area contributed by atoms with Crippen molar-refractivity contribution >= 4 is 16.5 Å². The maximum absolute atomic E-state index is 5.32. The molecule has 0 aliphatic carbocycles. The highest BCUT2D eigenvalue weighted by molar-refractivity contribution is 7.15. The first-order valence-corrected chi connectivity index (χ1v) is 7.23. The van der Waals surface area contributed by atoms with Crippen molar-refractivity contribution in [2.45, 2.75) is 20.0 Å². The van der Waals surface area contributed by atoms with Gasteiger partial charge in [-0.2, -0.15) is 10.1 Å². The maximum atomic E-state index is 5.32. The van der Waals surface area contributed by atoms with Crippen molar-refractivity contribution in [3.05, 3.63) is 22.3 Å². The molecule has 7 heteroatoms. The fourth-order valence-corrected chi connectivity index (χ4v) is 2.84. The van der Waals surface area contributed by atoms with Gasteiger partial charge in [0.05, 0.1) is 17.7 Å². The Kier molecular flexibility index (Phi) is 4.61. The highest BCUT2D eigenvalue weighted by Crippen LogP contribution is 2.30. The molecule has 0 atom stereocenters. The Hall–Kier alpha value is -1.60. The summed E-state index contributed by atoms with van der Waals surface area (Å²) in [6.45, 7) is 3.55. The van der Waals surface area contributed by atoms with Crippen LogP contribution in [0.25, 0.3) is 0 Å². The van der Waals surface area contributed by atoms with Crippen LogP contribution in [0.2, 0.25) is 0 Å². The largest absolute Gasteiger partial charge is 0.480 e. The third-order valence-corrected chi connectivity index (χ3v) is 4.15. The monoisotopic (exact) mass is 295 g/mol. The number of nitrogens with one attached hydrogen (secondary N) is 1. The molecule has 2 rings (SSSR count). The molecule has 0 aliphatic rings. The average molecular weight is 295 g/mol. The van der Waals surface area contributed by atoms with Crippen LogP contribution in [0.4, 0.5) is 5.13 Å². The molecule has 0 fully saturated rings. The number of ether oxygens (including phenoxy) is 1. The SMILES string of the molecule is COc1nc(N(C)C)sc1CNCc1cn(C)nc1C. The molecule has 110 valence electrons. The predicted molar refractivity (Wildman–Crippen MR) is 81.5 cm³/mol. The van der Waals surface area contributed by atoms with Crippen molar-refractivity contribution in [1.29, 1.82) is 0 Å². The van der Waals surface area contributed by atoms with E-state index in [1.807, 2.05) is 43.8 Å². The van der Waals surface area contributed by atoms with Gasteiger partial charge in [0.25, 0.3) is 0 Å². The van der Waals surface area contributed by atoms with Crippen LogP contribution in [0.5, 0.6) is 5.88 Å². The minimum absolute atomic E-state index is 0.703. The molecule has 0 unspecified atom stereocenters. The van der Waals surface area contributed by atoms with Crippen LogP contribution in [-0.2, 0) is 20.1 Å². The fourth-order valence-electron chi connectivity index (χ4n) is 1.92. The summed E-state index contributed by atoms with van der Waals surface area (Å²) in [6, 6.07) is 0.